The van der Waals surface area contributed by atoms with Gasteiger partial charge in [-0.05, 0) is 80.7 Å². The topological polar surface area (TPSA) is 143 Å². The first kappa shape index (κ1) is 31.2. The molecule has 15 heteroatoms. The summed E-state index contributed by atoms with van der Waals surface area (Å²) in [5.74, 6) is -0.861. The highest BCUT2D eigenvalue weighted by Gasteiger charge is 2.56. The van der Waals surface area contributed by atoms with Crippen molar-refractivity contribution in [1.82, 2.24) is 20.1 Å². The molecule has 3 aliphatic heterocycles. The Morgan fingerprint density at radius 1 is 1.09 bits per heavy atom. The van der Waals surface area contributed by atoms with Crippen molar-refractivity contribution in [2.45, 2.75) is 74.3 Å². The van der Waals surface area contributed by atoms with E-state index in [2.05, 4.69) is 15.2 Å². The van der Waals surface area contributed by atoms with Crippen molar-refractivity contribution >= 4 is 52.4 Å². The summed E-state index contributed by atoms with van der Waals surface area (Å²) < 4.78 is 40.4. The predicted molar refractivity (Wildman–Crippen MR) is 167 cm³/mol. The van der Waals surface area contributed by atoms with Gasteiger partial charge in [0.2, 0.25) is 11.8 Å². The fraction of sp³-hybridized carbons (Fsp3) is 0.484. The zero-order valence-electron chi connectivity index (χ0n) is 24.8. The minimum absolute atomic E-state index is 0.0291. The summed E-state index contributed by atoms with van der Waals surface area (Å²) in [7, 11) is -5.75. The second-order valence-corrected chi connectivity index (χ2v) is 15.5. The zero-order valence-corrected chi connectivity index (χ0v) is 26.6. The van der Waals surface area contributed by atoms with E-state index in [1.807, 2.05) is 23.2 Å². The molecule has 7 rings (SSSR count). The van der Waals surface area contributed by atoms with Gasteiger partial charge in [0, 0.05) is 42.1 Å². The number of amides is 3. The van der Waals surface area contributed by atoms with E-state index in [9.17, 15) is 27.7 Å². The number of nitrogens with one attached hydrogen (secondary N) is 1. The maximum absolute atomic E-state index is 14.3. The summed E-state index contributed by atoms with van der Waals surface area (Å²) in [6.45, 7) is 1.96. The number of hydrogen-bond donors (Lipinski definition) is 3. The third kappa shape index (κ3) is 5.38. The van der Waals surface area contributed by atoms with Crippen LogP contribution in [0, 0.1) is 0 Å². The summed E-state index contributed by atoms with van der Waals surface area (Å²) in [5, 5.41) is 3.06. The number of anilines is 1. The van der Waals surface area contributed by atoms with Crippen molar-refractivity contribution in [2.75, 3.05) is 24.5 Å². The van der Waals surface area contributed by atoms with Crippen LogP contribution in [0.4, 0.5) is 14.5 Å². The number of benzene rings is 1. The Balaban J connectivity index is 1.06. The number of nitrogens with zero attached hydrogens (tertiary/aromatic N) is 4. The number of alkyl halides is 2. The molecule has 1 aliphatic carbocycles. The molecule has 4 fully saturated rings. The highest BCUT2D eigenvalue weighted by molar-refractivity contribution is 7.52. The molecule has 3 amide bonds. The summed E-state index contributed by atoms with van der Waals surface area (Å²) in [4.78, 5) is 70.1. The standard InChI is InChI=1S/C31H34F2N5O6PS/c32-31(33,45(42,43)44)20-6-9-25-19(15-20)16-26(46-25)27(39)35-23-5-1-3-21-7-8-24(38(21)28(23)40)29(41)37-14-13-36(18-30(37)10-11-30)22-4-2-12-34-17-22/h2,4,6,9,12,15-17,21,23-24H,1,3,5,7-8,10-11,13-14,18H2,(H,35,39)(H2,42,43,44)/t21-,23-,24-/m0/s1. The van der Waals surface area contributed by atoms with Crippen molar-refractivity contribution in [3.05, 3.63) is 59.2 Å². The molecule has 0 bridgehead atoms. The Morgan fingerprint density at radius 2 is 1.89 bits per heavy atom. The fourth-order valence-corrected chi connectivity index (χ4v) is 8.73. The molecular formula is C31H34F2N5O6PS. The van der Waals surface area contributed by atoms with E-state index in [0.717, 1.165) is 61.4 Å². The van der Waals surface area contributed by atoms with E-state index in [1.165, 1.54) is 12.1 Å². The first-order valence-corrected chi connectivity index (χ1v) is 17.9. The molecule has 3 aromatic rings. The van der Waals surface area contributed by atoms with Gasteiger partial charge in [-0.2, -0.15) is 8.78 Å². The maximum atomic E-state index is 14.3. The molecule has 2 aromatic heterocycles. The van der Waals surface area contributed by atoms with E-state index in [0.29, 0.717) is 37.1 Å². The van der Waals surface area contributed by atoms with Gasteiger partial charge in [0.1, 0.15) is 12.1 Å². The van der Waals surface area contributed by atoms with Gasteiger partial charge >= 0.3 is 13.3 Å². The molecule has 3 saturated heterocycles. The van der Waals surface area contributed by atoms with E-state index in [1.54, 1.807) is 11.1 Å². The van der Waals surface area contributed by atoms with Crippen LogP contribution in [0.2, 0.25) is 0 Å². The molecule has 11 nitrogen and oxygen atoms in total. The highest BCUT2D eigenvalue weighted by Crippen LogP contribution is 2.59. The minimum atomic E-state index is -5.75. The quantitative estimate of drug-likeness (QED) is 0.333. The number of piperazine rings is 1. The van der Waals surface area contributed by atoms with Crippen LogP contribution < -0.4 is 10.2 Å². The third-order valence-corrected chi connectivity index (χ3v) is 12.0. The van der Waals surface area contributed by atoms with Crippen LogP contribution in [0.5, 0.6) is 0 Å². The zero-order chi connectivity index (χ0) is 32.4. The van der Waals surface area contributed by atoms with Crippen LogP contribution in [0.1, 0.15) is 60.2 Å². The smallest absolute Gasteiger partial charge is 0.366 e. The molecule has 0 radical (unpaired) electrons. The second-order valence-electron chi connectivity index (χ2n) is 12.7. The summed E-state index contributed by atoms with van der Waals surface area (Å²) >= 11 is 1.03. The SMILES string of the molecule is O=C(N[C@H]1CCC[C@H]2CC[C@@H](C(=O)N3CCN(c4cccnc4)CC34CC4)N2C1=O)c1cc2cc(C(F)(F)P(=O)(O)O)ccc2s1. The Morgan fingerprint density at radius 3 is 2.61 bits per heavy atom. The minimum Gasteiger partial charge on any atom is -0.366 e. The van der Waals surface area contributed by atoms with E-state index >= 15 is 0 Å². The number of halogens is 2. The van der Waals surface area contributed by atoms with E-state index in [-0.39, 0.29) is 33.7 Å². The van der Waals surface area contributed by atoms with Crippen LogP contribution in [0.3, 0.4) is 0 Å². The molecular weight excluding hydrogens is 639 g/mol. The van der Waals surface area contributed by atoms with Crippen molar-refractivity contribution in [3.8, 4) is 0 Å². The summed E-state index contributed by atoms with van der Waals surface area (Å²) in [6, 6.07) is 6.98. The van der Waals surface area contributed by atoms with Crippen LogP contribution in [0.25, 0.3) is 10.1 Å². The van der Waals surface area contributed by atoms with Gasteiger partial charge in [-0.15, -0.1) is 11.3 Å². The van der Waals surface area contributed by atoms with Crippen LogP contribution in [0.15, 0.2) is 48.8 Å². The van der Waals surface area contributed by atoms with Crippen LogP contribution >= 0.6 is 18.9 Å². The number of rotatable bonds is 6. The summed E-state index contributed by atoms with van der Waals surface area (Å²) in [5.41, 5.74) is -4.44. The van der Waals surface area contributed by atoms with Crippen molar-refractivity contribution in [3.63, 3.8) is 0 Å². The van der Waals surface area contributed by atoms with Gasteiger partial charge in [0.05, 0.1) is 22.3 Å². The molecule has 5 heterocycles. The number of thiophene rings is 1. The fourth-order valence-electron chi connectivity index (χ4n) is 7.31. The lowest BCUT2D eigenvalue weighted by atomic mass is 10.0. The monoisotopic (exact) mass is 673 g/mol. The Hall–Kier alpha value is -3.45. The second kappa shape index (κ2) is 11.4. The van der Waals surface area contributed by atoms with Crippen LogP contribution in [-0.4, -0.2) is 85.6 Å². The Labute approximate surface area is 267 Å². The van der Waals surface area contributed by atoms with Gasteiger partial charge in [0.15, 0.2) is 0 Å². The molecule has 1 aromatic carbocycles. The predicted octanol–water partition coefficient (Wildman–Crippen LogP) is 4.05. The number of hydrogen-bond acceptors (Lipinski definition) is 7. The number of aromatic nitrogens is 1. The number of carbonyl (C=O) groups excluding carboxylic acids is 3. The van der Waals surface area contributed by atoms with Gasteiger partial charge in [-0.3, -0.25) is 23.9 Å². The molecule has 4 aliphatic rings. The first-order chi connectivity index (χ1) is 21.9. The average Bonchev–Trinajstić information content (AvgIpc) is 3.49. The van der Waals surface area contributed by atoms with Gasteiger partial charge in [0.25, 0.3) is 5.91 Å². The van der Waals surface area contributed by atoms with Gasteiger partial charge in [-0.25, -0.2) is 0 Å². The lowest BCUT2D eigenvalue weighted by Gasteiger charge is -2.45. The van der Waals surface area contributed by atoms with Gasteiger partial charge in [-0.1, -0.05) is 6.07 Å². The number of fused-ring (bicyclic) bond motifs is 2. The van der Waals surface area contributed by atoms with E-state index < -0.39 is 36.8 Å². The van der Waals surface area contributed by atoms with Crippen LogP contribution in [-0.2, 0) is 19.8 Å². The Bertz CT molecular complexity index is 1750. The summed E-state index contributed by atoms with van der Waals surface area (Å²) in [6.07, 6.45) is 8.53. The van der Waals surface area contributed by atoms with Crippen molar-refractivity contribution in [2.24, 2.45) is 0 Å². The molecule has 1 saturated carbocycles. The number of carbonyl (C=O) groups is 3. The van der Waals surface area contributed by atoms with Gasteiger partial charge < -0.3 is 29.8 Å². The molecule has 0 unspecified atom stereocenters. The molecule has 3 N–H and O–H groups in total. The van der Waals surface area contributed by atoms with Crippen molar-refractivity contribution < 1.29 is 37.5 Å². The van der Waals surface area contributed by atoms with E-state index in [4.69, 9.17) is 9.79 Å². The molecule has 46 heavy (non-hydrogen) atoms. The third-order valence-electron chi connectivity index (χ3n) is 9.88. The normalized spacial score (nSPS) is 24.7. The highest BCUT2D eigenvalue weighted by atomic mass is 32.1. The number of pyridine rings is 1. The Kier molecular flexibility index (Phi) is 7.70. The first-order valence-electron chi connectivity index (χ1n) is 15.4. The largest absolute Gasteiger partial charge is 0.399 e. The maximum Gasteiger partial charge on any atom is 0.399 e. The lowest BCUT2D eigenvalue weighted by molar-refractivity contribution is -0.148. The van der Waals surface area contributed by atoms with Crippen molar-refractivity contribution in [1.29, 1.82) is 0 Å². The lowest BCUT2D eigenvalue weighted by Crippen LogP contribution is -2.62. The molecule has 244 valence electrons. The average molecular weight is 674 g/mol. The molecule has 3 atom stereocenters. The molecule has 1 spiro atoms.